The van der Waals surface area contributed by atoms with E-state index in [-0.39, 0.29) is 0 Å². The van der Waals surface area contributed by atoms with Crippen LogP contribution in [0.3, 0.4) is 0 Å². The lowest BCUT2D eigenvalue weighted by molar-refractivity contribution is -0.921. The average Bonchev–Trinajstić information content (AvgIpc) is 2.42. The minimum atomic E-state index is 0.965. The fraction of sp³-hybridized carbons (Fsp3) is 0.818. The lowest BCUT2D eigenvalue weighted by Gasteiger charge is -2.38. The minimum Gasteiger partial charge on any atom is -0.320 e. The fourth-order valence-electron chi connectivity index (χ4n) is 3.33. The number of rotatable bonds is 2. The summed E-state index contributed by atoms with van der Waals surface area (Å²) >= 11 is 0. The molecule has 3 atom stereocenters. The number of hydrogen-bond acceptors (Lipinski definition) is 0. The molecule has 0 aromatic carbocycles. The summed E-state index contributed by atoms with van der Waals surface area (Å²) in [5, 5.41) is 0. The number of quaternary nitrogens is 1. The smallest absolute Gasteiger partial charge is 0.0998 e. The number of likely N-dealkylation sites (N-methyl/N-ethyl adjacent to an activating group) is 1. The van der Waals surface area contributed by atoms with Gasteiger partial charge in [0.05, 0.1) is 26.2 Å². The van der Waals surface area contributed by atoms with E-state index in [0.717, 1.165) is 12.0 Å². The SMILES string of the molecule is C=C(C)C[N@+]1(C)CC2CCC1C2. The highest BCUT2D eigenvalue weighted by molar-refractivity contribution is 4.92. The number of fused-ring (bicyclic) bond motifs is 2. The Balaban J connectivity index is 2.07. The molecule has 0 amide bonds. The summed E-state index contributed by atoms with van der Waals surface area (Å²) in [4.78, 5) is 0. The Morgan fingerprint density at radius 2 is 2.25 bits per heavy atom. The Morgan fingerprint density at radius 3 is 2.67 bits per heavy atom. The van der Waals surface area contributed by atoms with Gasteiger partial charge in [-0.2, -0.15) is 0 Å². The second kappa shape index (κ2) is 2.59. The number of likely N-dealkylation sites (tertiary alicyclic amines) is 1. The zero-order valence-corrected chi connectivity index (χ0v) is 8.34. The maximum absolute atomic E-state index is 4.03. The molecule has 1 saturated heterocycles. The van der Waals surface area contributed by atoms with Crippen molar-refractivity contribution in [3.63, 3.8) is 0 Å². The molecule has 68 valence electrons. The van der Waals surface area contributed by atoms with Gasteiger partial charge in [-0.1, -0.05) is 6.58 Å². The molecule has 0 spiro atoms. The van der Waals surface area contributed by atoms with Gasteiger partial charge in [0.25, 0.3) is 0 Å². The Bertz CT molecular complexity index is 209. The Hall–Kier alpha value is -0.300. The molecule has 1 heterocycles. The van der Waals surface area contributed by atoms with Crippen LogP contribution in [0.5, 0.6) is 0 Å². The van der Waals surface area contributed by atoms with Gasteiger partial charge in [0.2, 0.25) is 0 Å². The molecule has 1 heteroatoms. The van der Waals surface area contributed by atoms with E-state index < -0.39 is 0 Å². The van der Waals surface area contributed by atoms with Crippen LogP contribution < -0.4 is 0 Å². The quantitative estimate of drug-likeness (QED) is 0.436. The van der Waals surface area contributed by atoms with Crippen molar-refractivity contribution >= 4 is 0 Å². The molecule has 0 N–H and O–H groups in total. The van der Waals surface area contributed by atoms with Crippen molar-refractivity contribution in [3.05, 3.63) is 12.2 Å². The third-order valence-corrected chi connectivity index (χ3v) is 3.70. The van der Waals surface area contributed by atoms with Gasteiger partial charge < -0.3 is 4.48 Å². The van der Waals surface area contributed by atoms with Gasteiger partial charge in [-0.15, -0.1) is 0 Å². The zero-order chi connectivity index (χ0) is 8.77. The van der Waals surface area contributed by atoms with Crippen LogP contribution in [-0.4, -0.2) is 30.7 Å². The van der Waals surface area contributed by atoms with Gasteiger partial charge >= 0.3 is 0 Å². The van der Waals surface area contributed by atoms with Gasteiger partial charge in [-0.25, -0.2) is 0 Å². The maximum atomic E-state index is 4.03. The van der Waals surface area contributed by atoms with Crippen molar-refractivity contribution in [2.75, 3.05) is 20.1 Å². The first-order valence-electron chi connectivity index (χ1n) is 5.09. The molecule has 2 aliphatic rings. The summed E-state index contributed by atoms with van der Waals surface area (Å²) < 4.78 is 1.29. The summed E-state index contributed by atoms with van der Waals surface area (Å²) in [5.41, 5.74) is 1.35. The summed E-state index contributed by atoms with van der Waals surface area (Å²) in [6.07, 6.45) is 4.45. The molecule has 1 aliphatic carbocycles. The third-order valence-electron chi connectivity index (χ3n) is 3.70. The van der Waals surface area contributed by atoms with E-state index in [4.69, 9.17) is 0 Å². The molecule has 0 radical (unpaired) electrons. The molecule has 2 rings (SSSR count). The van der Waals surface area contributed by atoms with Crippen molar-refractivity contribution in [1.29, 1.82) is 0 Å². The van der Waals surface area contributed by atoms with Crippen molar-refractivity contribution in [2.24, 2.45) is 5.92 Å². The minimum absolute atomic E-state index is 0.965. The summed E-state index contributed by atoms with van der Waals surface area (Å²) in [6, 6.07) is 0.965. The van der Waals surface area contributed by atoms with Crippen LogP contribution >= 0.6 is 0 Å². The van der Waals surface area contributed by atoms with Crippen LogP contribution in [0.25, 0.3) is 0 Å². The molecule has 2 fully saturated rings. The summed E-state index contributed by atoms with van der Waals surface area (Å²) in [7, 11) is 2.42. The molecule has 1 saturated carbocycles. The van der Waals surface area contributed by atoms with Gasteiger partial charge in [0, 0.05) is 12.3 Å². The van der Waals surface area contributed by atoms with E-state index in [1.165, 1.54) is 42.4 Å². The van der Waals surface area contributed by atoms with Gasteiger partial charge in [-0.3, -0.25) is 0 Å². The highest BCUT2D eigenvalue weighted by Crippen LogP contribution is 2.41. The fourth-order valence-corrected chi connectivity index (χ4v) is 3.33. The topological polar surface area (TPSA) is 0 Å². The van der Waals surface area contributed by atoms with Crippen LogP contribution in [0.1, 0.15) is 26.2 Å². The third kappa shape index (κ3) is 1.20. The monoisotopic (exact) mass is 166 g/mol. The predicted molar refractivity (Wildman–Crippen MR) is 51.9 cm³/mol. The molecule has 2 bridgehead atoms. The number of piperidine rings is 1. The van der Waals surface area contributed by atoms with Crippen molar-refractivity contribution in [3.8, 4) is 0 Å². The van der Waals surface area contributed by atoms with E-state index in [1.807, 2.05) is 0 Å². The first-order valence-corrected chi connectivity index (χ1v) is 5.09. The van der Waals surface area contributed by atoms with E-state index in [0.29, 0.717) is 0 Å². The van der Waals surface area contributed by atoms with Crippen molar-refractivity contribution in [2.45, 2.75) is 32.2 Å². The van der Waals surface area contributed by atoms with Gasteiger partial charge in [0.1, 0.15) is 0 Å². The first kappa shape index (κ1) is 8.31. The zero-order valence-electron chi connectivity index (χ0n) is 8.34. The summed E-state index contributed by atoms with van der Waals surface area (Å²) in [6.45, 7) is 8.82. The standard InChI is InChI=1S/C11H20N/c1-9(2)7-12(3)8-10-4-5-11(12)6-10/h10-11H,1,4-8H2,2-3H3/q+1/t10?,11?,12-/m1/s1. The van der Waals surface area contributed by atoms with Crippen molar-refractivity contribution < 1.29 is 4.48 Å². The lowest BCUT2D eigenvalue weighted by Crippen LogP contribution is -2.50. The highest BCUT2D eigenvalue weighted by Gasteiger charge is 2.47. The molecule has 1 aliphatic heterocycles. The second-order valence-electron chi connectivity index (χ2n) is 5.11. The molecule has 12 heavy (non-hydrogen) atoms. The summed E-state index contributed by atoms with van der Waals surface area (Å²) in [5.74, 6) is 1.04. The second-order valence-corrected chi connectivity index (χ2v) is 5.11. The highest BCUT2D eigenvalue weighted by atomic mass is 15.4. The van der Waals surface area contributed by atoms with E-state index in [2.05, 4.69) is 20.6 Å². The Labute approximate surface area is 75.7 Å². The molecule has 2 unspecified atom stereocenters. The Kier molecular flexibility index (Phi) is 1.80. The molecule has 0 aromatic heterocycles. The maximum Gasteiger partial charge on any atom is 0.0998 e. The normalized spacial score (nSPS) is 45.2. The van der Waals surface area contributed by atoms with E-state index >= 15 is 0 Å². The van der Waals surface area contributed by atoms with Crippen LogP contribution in [0.4, 0.5) is 0 Å². The van der Waals surface area contributed by atoms with Gasteiger partial charge in [0.15, 0.2) is 0 Å². The van der Waals surface area contributed by atoms with Crippen LogP contribution in [-0.2, 0) is 0 Å². The van der Waals surface area contributed by atoms with Crippen LogP contribution in [0.15, 0.2) is 12.2 Å². The first-order chi connectivity index (χ1) is 5.60. The molecule has 1 nitrogen and oxygen atoms in total. The molecule has 0 aromatic rings. The largest absolute Gasteiger partial charge is 0.320 e. The number of nitrogens with zero attached hydrogens (tertiary/aromatic N) is 1. The lowest BCUT2D eigenvalue weighted by atomic mass is 10.1. The van der Waals surface area contributed by atoms with Crippen molar-refractivity contribution in [1.82, 2.24) is 0 Å². The molecular weight excluding hydrogens is 146 g/mol. The Morgan fingerprint density at radius 1 is 1.50 bits per heavy atom. The number of hydrogen-bond donors (Lipinski definition) is 0. The average molecular weight is 166 g/mol. The molecular formula is C11H20N+. The van der Waals surface area contributed by atoms with Crippen LogP contribution in [0, 0.1) is 5.92 Å². The van der Waals surface area contributed by atoms with Crippen LogP contribution in [0.2, 0.25) is 0 Å². The van der Waals surface area contributed by atoms with E-state index in [9.17, 15) is 0 Å². The van der Waals surface area contributed by atoms with E-state index in [1.54, 1.807) is 0 Å². The predicted octanol–water partition coefficient (Wildman–Crippen LogP) is 2.19. The van der Waals surface area contributed by atoms with Gasteiger partial charge in [-0.05, 0) is 25.3 Å².